The quantitative estimate of drug-likeness (QED) is 0.911. The molecule has 1 fully saturated rings. The van der Waals surface area contributed by atoms with Crippen LogP contribution in [-0.4, -0.2) is 37.0 Å². The number of nitrogens with zero attached hydrogens (tertiary/aromatic N) is 1. The van der Waals surface area contributed by atoms with Gasteiger partial charge < -0.3 is 5.11 Å². The maximum atomic E-state index is 12.6. The molecule has 106 valence electrons. The van der Waals surface area contributed by atoms with E-state index in [1.807, 2.05) is 0 Å². The van der Waals surface area contributed by atoms with Crippen molar-refractivity contribution in [3.8, 4) is 0 Å². The first-order chi connectivity index (χ1) is 8.82. The van der Waals surface area contributed by atoms with Crippen molar-refractivity contribution < 1.29 is 13.5 Å². The predicted octanol–water partition coefficient (Wildman–Crippen LogP) is 2.15. The Morgan fingerprint density at radius 2 is 2.16 bits per heavy atom. The highest BCUT2D eigenvalue weighted by Gasteiger charge is 2.34. The normalized spacial score (nSPS) is 22.6. The number of hydrogen-bond donors (Lipinski definition) is 1. The molecule has 0 aliphatic carbocycles. The summed E-state index contributed by atoms with van der Waals surface area (Å²) < 4.78 is 27.5. The molecule has 1 N–H and O–H groups in total. The van der Waals surface area contributed by atoms with Crippen LogP contribution >= 0.6 is 15.9 Å². The van der Waals surface area contributed by atoms with Crippen molar-refractivity contribution >= 4 is 26.0 Å². The molecule has 0 bridgehead atoms. The molecule has 0 radical (unpaired) electrons. The van der Waals surface area contributed by atoms with Gasteiger partial charge in [0, 0.05) is 17.6 Å². The molecule has 2 unspecified atom stereocenters. The Balaban J connectivity index is 2.29. The zero-order chi connectivity index (χ0) is 14.2. The molecule has 4 nitrogen and oxygen atoms in total. The molecule has 1 saturated heterocycles. The van der Waals surface area contributed by atoms with Gasteiger partial charge in [-0.3, -0.25) is 0 Å². The van der Waals surface area contributed by atoms with E-state index >= 15 is 0 Å². The number of hydrogen-bond acceptors (Lipinski definition) is 3. The minimum absolute atomic E-state index is 0.0329. The highest BCUT2D eigenvalue weighted by Crippen LogP contribution is 2.28. The minimum atomic E-state index is -3.45. The Morgan fingerprint density at radius 1 is 1.47 bits per heavy atom. The smallest absolute Gasteiger partial charge is 0.243 e. The maximum absolute atomic E-state index is 12.6. The third-order valence-electron chi connectivity index (χ3n) is 3.62. The monoisotopic (exact) mass is 347 g/mol. The van der Waals surface area contributed by atoms with Crippen LogP contribution in [0.2, 0.25) is 0 Å². The van der Waals surface area contributed by atoms with Crippen LogP contribution in [-0.2, 0) is 10.0 Å². The summed E-state index contributed by atoms with van der Waals surface area (Å²) in [6.07, 6.45) is 0.248. The number of aliphatic hydroxyl groups excluding tert-OH is 1. The lowest BCUT2D eigenvalue weighted by atomic mass is 10.0. The zero-order valence-electron chi connectivity index (χ0n) is 11.0. The Morgan fingerprint density at radius 3 is 2.68 bits per heavy atom. The third kappa shape index (κ3) is 3.02. The fourth-order valence-corrected chi connectivity index (χ4v) is 4.60. The van der Waals surface area contributed by atoms with Gasteiger partial charge in [0.1, 0.15) is 0 Å². The lowest BCUT2D eigenvalue weighted by Gasteiger charge is -2.19. The molecule has 1 aliphatic heterocycles. The van der Waals surface area contributed by atoms with E-state index in [1.165, 1.54) is 4.31 Å². The van der Waals surface area contributed by atoms with Crippen LogP contribution in [0.5, 0.6) is 0 Å². The van der Waals surface area contributed by atoms with Crippen LogP contribution in [0.3, 0.4) is 0 Å². The largest absolute Gasteiger partial charge is 0.393 e. The van der Waals surface area contributed by atoms with E-state index in [0.717, 1.165) is 10.0 Å². The van der Waals surface area contributed by atoms with Crippen molar-refractivity contribution in [2.75, 3.05) is 13.1 Å². The second-order valence-electron chi connectivity index (χ2n) is 5.06. The third-order valence-corrected chi connectivity index (χ3v) is 6.14. The highest BCUT2D eigenvalue weighted by molar-refractivity contribution is 9.10. The lowest BCUT2D eigenvalue weighted by molar-refractivity contribution is 0.133. The average Bonchev–Trinajstić information content (AvgIpc) is 2.78. The fraction of sp³-hybridized carbons (Fsp3) is 0.538. The van der Waals surface area contributed by atoms with Crippen LogP contribution in [0.1, 0.15) is 18.9 Å². The zero-order valence-corrected chi connectivity index (χ0v) is 13.4. The summed E-state index contributed by atoms with van der Waals surface area (Å²) in [5, 5.41) is 9.57. The molecule has 1 aliphatic rings. The maximum Gasteiger partial charge on any atom is 0.243 e. The summed E-state index contributed by atoms with van der Waals surface area (Å²) >= 11 is 3.33. The molecule has 0 aromatic heterocycles. The van der Waals surface area contributed by atoms with Crippen molar-refractivity contribution in [3.63, 3.8) is 0 Å². The molecular weight excluding hydrogens is 330 g/mol. The summed E-state index contributed by atoms with van der Waals surface area (Å²) in [6, 6.07) is 5.17. The van der Waals surface area contributed by atoms with Gasteiger partial charge in [0.05, 0.1) is 11.0 Å². The van der Waals surface area contributed by atoms with Crippen LogP contribution in [0.15, 0.2) is 27.6 Å². The first-order valence-corrected chi connectivity index (χ1v) is 8.50. The van der Waals surface area contributed by atoms with E-state index in [-0.39, 0.29) is 5.92 Å². The van der Waals surface area contributed by atoms with E-state index in [9.17, 15) is 13.5 Å². The molecule has 6 heteroatoms. The molecule has 2 atom stereocenters. The molecular formula is C13H18BrNO3S. The van der Waals surface area contributed by atoms with Gasteiger partial charge >= 0.3 is 0 Å². The second-order valence-corrected chi connectivity index (χ2v) is 7.88. The SMILES string of the molecule is Cc1cc(Br)ccc1S(=O)(=O)N1CCC(C(C)O)C1. The highest BCUT2D eigenvalue weighted by atomic mass is 79.9. The molecule has 0 amide bonds. The topological polar surface area (TPSA) is 57.6 Å². The summed E-state index contributed by atoms with van der Waals surface area (Å²) in [7, 11) is -3.45. The summed E-state index contributed by atoms with van der Waals surface area (Å²) in [6.45, 7) is 4.38. The predicted molar refractivity (Wildman–Crippen MR) is 77.4 cm³/mol. The number of sulfonamides is 1. The van der Waals surface area contributed by atoms with Gasteiger partial charge in [-0.2, -0.15) is 4.31 Å². The van der Waals surface area contributed by atoms with Crippen molar-refractivity contribution in [1.82, 2.24) is 4.31 Å². The molecule has 19 heavy (non-hydrogen) atoms. The Hall–Kier alpha value is -0.430. The van der Waals surface area contributed by atoms with Crippen molar-refractivity contribution in [2.45, 2.75) is 31.3 Å². The van der Waals surface area contributed by atoms with Crippen LogP contribution in [0.4, 0.5) is 0 Å². The fourth-order valence-electron chi connectivity index (χ4n) is 2.41. The van der Waals surface area contributed by atoms with Gasteiger partial charge in [0.25, 0.3) is 0 Å². The standard InChI is InChI=1S/C13H18BrNO3S/c1-9-7-12(14)3-4-13(9)19(17,18)15-6-5-11(8-15)10(2)16/h3-4,7,10-11,16H,5-6,8H2,1-2H3. The van der Waals surface area contributed by atoms with E-state index in [2.05, 4.69) is 15.9 Å². The van der Waals surface area contributed by atoms with Gasteiger partial charge in [0.2, 0.25) is 10.0 Å². The Labute approximate surface area is 122 Å². The lowest BCUT2D eigenvalue weighted by Crippen LogP contribution is -2.31. The number of halogens is 1. The summed E-state index contributed by atoms with van der Waals surface area (Å²) in [5.41, 5.74) is 0.731. The Kier molecular flexibility index (Phi) is 4.35. The number of aliphatic hydroxyl groups is 1. The van der Waals surface area contributed by atoms with Gasteiger partial charge in [-0.05, 0) is 49.9 Å². The molecule has 2 rings (SSSR count). The molecule has 1 aromatic carbocycles. The Bertz CT molecular complexity index is 571. The van der Waals surface area contributed by atoms with Crippen molar-refractivity contribution in [2.24, 2.45) is 5.92 Å². The van der Waals surface area contributed by atoms with Gasteiger partial charge in [0.15, 0.2) is 0 Å². The molecule has 1 aromatic rings. The molecule has 1 heterocycles. The number of aryl methyl sites for hydroxylation is 1. The minimum Gasteiger partial charge on any atom is -0.393 e. The summed E-state index contributed by atoms with van der Waals surface area (Å²) in [4.78, 5) is 0.349. The number of benzene rings is 1. The van der Waals surface area contributed by atoms with Crippen molar-refractivity contribution in [1.29, 1.82) is 0 Å². The van der Waals surface area contributed by atoms with Crippen LogP contribution in [0.25, 0.3) is 0 Å². The molecule has 0 spiro atoms. The van der Waals surface area contributed by atoms with Crippen LogP contribution in [0, 0.1) is 12.8 Å². The van der Waals surface area contributed by atoms with Gasteiger partial charge in [-0.1, -0.05) is 15.9 Å². The second kappa shape index (κ2) is 5.52. The van der Waals surface area contributed by atoms with E-state index in [4.69, 9.17) is 0 Å². The van der Waals surface area contributed by atoms with Crippen molar-refractivity contribution in [3.05, 3.63) is 28.2 Å². The van der Waals surface area contributed by atoms with Gasteiger partial charge in [-0.25, -0.2) is 8.42 Å². The van der Waals surface area contributed by atoms with E-state index < -0.39 is 16.1 Å². The molecule has 0 saturated carbocycles. The number of rotatable bonds is 3. The summed E-state index contributed by atoms with van der Waals surface area (Å²) in [5.74, 6) is 0.0329. The van der Waals surface area contributed by atoms with E-state index in [0.29, 0.717) is 24.4 Å². The average molecular weight is 348 g/mol. The van der Waals surface area contributed by atoms with Crippen LogP contribution < -0.4 is 0 Å². The van der Waals surface area contributed by atoms with E-state index in [1.54, 1.807) is 32.0 Å². The first kappa shape index (κ1) is 15.0. The van der Waals surface area contributed by atoms with Gasteiger partial charge in [-0.15, -0.1) is 0 Å². The first-order valence-electron chi connectivity index (χ1n) is 6.26.